The zero-order chi connectivity index (χ0) is 15.7. The molecule has 1 aliphatic rings. The molecule has 2 atom stereocenters. The molecule has 0 radical (unpaired) electrons. The molecule has 0 aromatic carbocycles. The number of nitrogens with zero attached hydrogens (tertiary/aromatic N) is 3. The van der Waals surface area contributed by atoms with Crippen LogP contribution in [-0.2, 0) is 16.4 Å². The van der Waals surface area contributed by atoms with Crippen molar-refractivity contribution in [2.24, 2.45) is 0 Å². The van der Waals surface area contributed by atoms with Crippen molar-refractivity contribution < 1.29 is 12.9 Å². The van der Waals surface area contributed by atoms with Crippen LogP contribution >= 0.6 is 11.3 Å². The molecule has 6 nitrogen and oxygen atoms in total. The van der Waals surface area contributed by atoms with Crippen molar-refractivity contribution in [1.29, 1.82) is 0 Å². The van der Waals surface area contributed by atoms with Gasteiger partial charge < -0.3 is 4.52 Å². The number of hydrogen-bond donors (Lipinski definition) is 0. The molecule has 1 aliphatic carbocycles. The van der Waals surface area contributed by atoms with Crippen LogP contribution in [0, 0.1) is 0 Å². The molecule has 120 valence electrons. The Labute approximate surface area is 134 Å². The highest BCUT2D eigenvalue weighted by atomic mass is 32.2. The van der Waals surface area contributed by atoms with Crippen LogP contribution < -0.4 is 0 Å². The van der Waals surface area contributed by atoms with E-state index in [0.717, 1.165) is 24.8 Å². The van der Waals surface area contributed by atoms with E-state index in [1.165, 1.54) is 6.26 Å². The van der Waals surface area contributed by atoms with Crippen molar-refractivity contribution in [2.75, 3.05) is 13.3 Å². The Balaban J connectivity index is 1.70. The van der Waals surface area contributed by atoms with Gasteiger partial charge in [0.05, 0.1) is 17.4 Å². The van der Waals surface area contributed by atoms with E-state index in [4.69, 9.17) is 4.52 Å². The predicted molar refractivity (Wildman–Crippen MR) is 85.3 cm³/mol. The molecule has 22 heavy (non-hydrogen) atoms. The van der Waals surface area contributed by atoms with Crippen LogP contribution in [0.1, 0.15) is 25.1 Å². The van der Waals surface area contributed by atoms with Gasteiger partial charge in [0.25, 0.3) is 5.89 Å². The Morgan fingerprint density at radius 1 is 1.45 bits per heavy atom. The van der Waals surface area contributed by atoms with E-state index in [-0.39, 0.29) is 11.3 Å². The summed E-state index contributed by atoms with van der Waals surface area (Å²) in [5.74, 6) is 1.10. The third-order valence-electron chi connectivity index (χ3n) is 4.16. The molecule has 1 fully saturated rings. The average molecular weight is 341 g/mol. The lowest BCUT2D eigenvalue weighted by Crippen LogP contribution is -2.41. The third kappa shape index (κ3) is 3.23. The van der Waals surface area contributed by atoms with Crippen molar-refractivity contribution >= 4 is 21.2 Å². The molecule has 2 aromatic heterocycles. The van der Waals surface area contributed by atoms with Gasteiger partial charge in [-0.2, -0.15) is 16.3 Å². The lowest BCUT2D eigenvalue weighted by molar-refractivity contribution is 0.230. The normalized spacial score (nSPS) is 22.5. The van der Waals surface area contributed by atoms with Crippen molar-refractivity contribution in [1.82, 2.24) is 15.0 Å². The fraction of sp³-hybridized carbons (Fsp3) is 0.571. The molecule has 2 aromatic rings. The van der Waals surface area contributed by atoms with Gasteiger partial charge >= 0.3 is 0 Å². The average Bonchev–Trinajstić information content (AvgIpc) is 3.19. The summed E-state index contributed by atoms with van der Waals surface area (Å²) in [5.41, 5.74) is 0.918. The lowest BCUT2D eigenvalue weighted by atomic mass is 10.2. The summed E-state index contributed by atoms with van der Waals surface area (Å²) >= 11 is 1.58. The van der Waals surface area contributed by atoms with Crippen LogP contribution in [0.25, 0.3) is 11.5 Å². The Hall–Kier alpha value is -1.25. The van der Waals surface area contributed by atoms with E-state index in [1.54, 1.807) is 11.3 Å². The van der Waals surface area contributed by atoms with Crippen molar-refractivity contribution in [2.45, 2.75) is 37.1 Å². The van der Waals surface area contributed by atoms with Gasteiger partial charge in [0.1, 0.15) is 0 Å². The van der Waals surface area contributed by atoms with Gasteiger partial charge in [-0.15, -0.1) is 0 Å². The minimum Gasteiger partial charge on any atom is -0.334 e. The summed E-state index contributed by atoms with van der Waals surface area (Å²) in [6.07, 6.45) is 3.90. The predicted octanol–water partition coefficient (Wildman–Crippen LogP) is 2.20. The van der Waals surface area contributed by atoms with Crippen LogP contribution in [0.2, 0.25) is 0 Å². The zero-order valence-corrected chi connectivity index (χ0v) is 14.2. The second-order valence-electron chi connectivity index (χ2n) is 5.81. The quantitative estimate of drug-likeness (QED) is 0.830. The number of thiophene rings is 1. The molecule has 2 heterocycles. The molecule has 1 saturated carbocycles. The highest BCUT2D eigenvalue weighted by Gasteiger charge is 2.37. The molecule has 0 spiro atoms. The Morgan fingerprint density at radius 2 is 2.27 bits per heavy atom. The zero-order valence-electron chi connectivity index (χ0n) is 12.6. The summed E-state index contributed by atoms with van der Waals surface area (Å²) in [5, 5.41) is 7.62. The monoisotopic (exact) mass is 341 g/mol. The molecular formula is C14H19N3O3S2. The van der Waals surface area contributed by atoms with Gasteiger partial charge in [0.2, 0.25) is 0 Å². The van der Waals surface area contributed by atoms with Crippen LogP contribution in [0.4, 0.5) is 0 Å². The highest BCUT2D eigenvalue weighted by Crippen LogP contribution is 2.29. The maximum absolute atomic E-state index is 11.9. The van der Waals surface area contributed by atoms with Crippen LogP contribution in [0.5, 0.6) is 0 Å². The second kappa shape index (κ2) is 6.10. The van der Waals surface area contributed by atoms with E-state index in [2.05, 4.69) is 10.1 Å². The summed E-state index contributed by atoms with van der Waals surface area (Å²) in [7, 11) is -1.10. The van der Waals surface area contributed by atoms with E-state index in [9.17, 15) is 8.42 Å². The smallest absolute Gasteiger partial charge is 0.258 e. The second-order valence-corrected chi connectivity index (χ2v) is 8.85. The van der Waals surface area contributed by atoms with Crippen molar-refractivity contribution in [3.05, 3.63) is 22.7 Å². The highest BCUT2D eigenvalue weighted by molar-refractivity contribution is 7.91. The van der Waals surface area contributed by atoms with Gasteiger partial charge in [0.15, 0.2) is 15.7 Å². The first-order chi connectivity index (χ1) is 10.4. The first-order valence-electron chi connectivity index (χ1n) is 7.19. The topological polar surface area (TPSA) is 76.3 Å². The summed E-state index contributed by atoms with van der Waals surface area (Å²) in [4.78, 5) is 6.42. The number of rotatable bonds is 5. The summed E-state index contributed by atoms with van der Waals surface area (Å²) in [6, 6.07) is 1.96. The third-order valence-corrected chi connectivity index (χ3v) is 6.49. The van der Waals surface area contributed by atoms with Crippen molar-refractivity contribution in [3.63, 3.8) is 0 Å². The van der Waals surface area contributed by atoms with E-state index in [0.29, 0.717) is 18.3 Å². The Kier molecular flexibility index (Phi) is 4.33. The Bertz CT molecular complexity index is 724. The van der Waals surface area contributed by atoms with E-state index >= 15 is 0 Å². The number of hydrogen-bond acceptors (Lipinski definition) is 7. The lowest BCUT2D eigenvalue weighted by Gasteiger charge is -2.27. The molecule has 0 amide bonds. The SMILES string of the molecule is CN(Cc1noc(-c2ccsc2)n1)[C@H]1CCC[C@H]1S(C)(=O)=O. The molecule has 0 aliphatic heterocycles. The largest absolute Gasteiger partial charge is 0.334 e. The van der Waals surface area contributed by atoms with Gasteiger partial charge in [-0.3, -0.25) is 4.90 Å². The molecule has 0 bridgehead atoms. The Morgan fingerprint density at radius 3 is 2.95 bits per heavy atom. The van der Waals surface area contributed by atoms with E-state index in [1.807, 2.05) is 28.8 Å². The minimum atomic E-state index is -3.02. The first-order valence-corrected chi connectivity index (χ1v) is 10.1. The molecule has 0 unspecified atom stereocenters. The van der Waals surface area contributed by atoms with Crippen LogP contribution in [0.15, 0.2) is 21.3 Å². The summed E-state index contributed by atoms with van der Waals surface area (Å²) < 4.78 is 29.0. The fourth-order valence-electron chi connectivity index (χ4n) is 3.07. The standard InChI is InChI=1S/C14H19N3O3S2/c1-17(11-4-3-5-12(11)22(2,18)19)8-13-15-14(20-16-13)10-6-7-21-9-10/h6-7,9,11-12H,3-5,8H2,1-2H3/t11-,12+/m0/s1. The number of aromatic nitrogens is 2. The van der Waals surface area contributed by atoms with Crippen molar-refractivity contribution in [3.8, 4) is 11.5 Å². The summed E-state index contributed by atoms with van der Waals surface area (Å²) in [6.45, 7) is 0.490. The first kappa shape index (κ1) is 15.6. The molecular weight excluding hydrogens is 322 g/mol. The maximum atomic E-state index is 11.9. The molecule has 3 rings (SSSR count). The van der Waals surface area contributed by atoms with Gasteiger partial charge in [-0.1, -0.05) is 11.6 Å². The van der Waals surface area contributed by atoms with Crippen LogP contribution in [-0.4, -0.2) is 48.1 Å². The van der Waals surface area contributed by atoms with E-state index < -0.39 is 9.84 Å². The minimum absolute atomic E-state index is 0.0260. The molecule has 0 N–H and O–H groups in total. The number of sulfone groups is 1. The van der Waals surface area contributed by atoms with Gasteiger partial charge in [-0.25, -0.2) is 8.42 Å². The van der Waals surface area contributed by atoms with Gasteiger partial charge in [-0.05, 0) is 31.3 Å². The fourth-order valence-corrected chi connectivity index (χ4v) is 5.21. The molecule has 0 saturated heterocycles. The van der Waals surface area contributed by atoms with Crippen LogP contribution in [0.3, 0.4) is 0 Å². The molecule has 8 heteroatoms. The maximum Gasteiger partial charge on any atom is 0.258 e. The van der Waals surface area contributed by atoms with Gasteiger partial charge in [0, 0.05) is 17.7 Å².